The van der Waals surface area contributed by atoms with Crippen molar-refractivity contribution in [3.63, 3.8) is 0 Å². The molecule has 9 heteroatoms. The third-order valence-electron chi connectivity index (χ3n) is 1.66. The van der Waals surface area contributed by atoms with Gasteiger partial charge in [-0.1, -0.05) is 11.6 Å². The van der Waals surface area contributed by atoms with Crippen molar-refractivity contribution in [3.05, 3.63) is 27.6 Å². The molecule has 0 aliphatic heterocycles. The molecule has 2 rings (SSSR count). The van der Waals surface area contributed by atoms with Crippen LogP contribution in [0.2, 0.25) is 5.02 Å². The third kappa shape index (κ3) is 2.86. The van der Waals surface area contributed by atoms with Gasteiger partial charge in [-0.3, -0.25) is 4.79 Å². The van der Waals surface area contributed by atoms with Gasteiger partial charge < -0.3 is 16.5 Å². The standard InChI is InChI=1S/C8H7ClN6OS/c9-3-2-12-7(11)15-6(3)17-8-13-4(10)1-5(16)14-8/h1-2H,(H2,11,12,15)(H3,10,13,14,16). The van der Waals surface area contributed by atoms with Gasteiger partial charge in [0, 0.05) is 6.07 Å². The molecule has 0 saturated carbocycles. The van der Waals surface area contributed by atoms with Crippen molar-refractivity contribution in [2.24, 2.45) is 0 Å². The second-order valence-electron chi connectivity index (χ2n) is 2.96. The number of nitrogen functional groups attached to an aromatic ring is 2. The normalized spacial score (nSPS) is 10.4. The summed E-state index contributed by atoms with van der Waals surface area (Å²) in [6.07, 6.45) is 1.37. The highest BCUT2D eigenvalue weighted by Gasteiger charge is 2.08. The molecule has 2 heterocycles. The Morgan fingerprint density at radius 1 is 1.35 bits per heavy atom. The van der Waals surface area contributed by atoms with E-state index < -0.39 is 0 Å². The summed E-state index contributed by atoms with van der Waals surface area (Å²) in [6, 6.07) is 1.18. The predicted octanol–water partition coefficient (Wildman–Crippen LogP) is 0.529. The van der Waals surface area contributed by atoms with E-state index in [-0.39, 0.29) is 22.5 Å². The summed E-state index contributed by atoms with van der Waals surface area (Å²) in [4.78, 5) is 25.2. The molecular formula is C8H7ClN6OS. The highest BCUT2D eigenvalue weighted by molar-refractivity contribution is 7.99. The first-order valence-corrected chi connectivity index (χ1v) is 5.57. The van der Waals surface area contributed by atoms with Gasteiger partial charge in [-0.2, -0.15) is 0 Å². The first-order valence-electron chi connectivity index (χ1n) is 4.37. The Balaban J connectivity index is 2.37. The molecule has 0 fully saturated rings. The van der Waals surface area contributed by atoms with Gasteiger partial charge in [0.05, 0.1) is 11.2 Å². The van der Waals surface area contributed by atoms with Crippen LogP contribution in [-0.4, -0.2) is 19.9 Å². The van der Waals surface area contributed by atoms with E-state index in [1.165, 1.54) is 12.3 Å². The molecule has 2 aromatic heterocycles. The summed E-state index contributed by atoms with van der Waals surface area (Å²) < 4.78 is 0. The van der Waals surface area contributed by atoms with Crippen molar-refractivity contribution in [2.75, 3.05) is 11.5 Å². The number of anilines is 2. The second kappa shape index (κ2) is 4.60. The molecule has 0 aliphatic rings. The number of aromatic nitrogens is 4. The van der Waals surface area contributed by atoms with Crippen LogP contribution >= 0.6 is 23.4 Å². The molecule has 0 amide bonds. The SMILES string of the molecule is Nc1cc(=O)[nH]c(Sc2nc(N)ncc2Cl)n1. The smallest absolute Gasteiger partial charge is 0.253 e. The van der Waals surface area contributed by atoms with E-state index >= 15 is 0 Å². The van der Waals surface area contributed by atoms with Gasteiger partial charge >= 0.3 is 0 Å². The highest BCUT2D eigenvalue weighted by Crippen LogP contribution is 2.28. The van der Waals surface area contributed by atoms with Crippen molar-refractivity contribution in [3.8, 4) is 0 Å². The molecule has 7 nitrogen and oxygen atoms in total. The van der Waals surface area contributed by atoms with Crippen LogP contribution in [0.1, 0.15) is 0 Å². The van der Waals surface area contributed by atoms with Crippen LogP contribution in [-0.2, 0) is 0 Å². The number of nitrogens with zero attached hydrogens (tertiary/aromatic N) is 3. The minimum absolute atomic E-state index is 0.0863. The third-order valence-corrected chi connectivity index (χ3v) is 2.94. The Morgan fingerprint density at radius 3 is 2.82 bits per heavy atom. The van der Waals surface area contributed by atoms with Gasteiger partial charge in [-0.25, -0.2) is 15.0 Å². The molecule has 0 radical (unpaired) electrons. The summed E-state index contributed by atoms with van der Waals surface area (Å²) in [5, 5.41) is 0.997. The van der Waals surface area contributed by atoms with Crippen molar-refractivity contribution in [1.82, 2.24) is 19.9 Å². The molecule has 0 aromatic carbocycles. The number of nitrogens with two attached hydrogens (primary N) is 2. The monoisotopic (exact) mass is 270 g/mol. The van der Waals surface area contributed by atoms with Crippen LogP contribution < -0.4 is 17.0 Å². The average molecular weight is 271 g/mol. The maximum Gasteiger partial charge on any atom is 0.253 e. The number of hydrogen-bond acceptors (Lipinski definition) is 7. The lowest BCUT2D eigenvalue weighted by Gasteiger charge is -2.03. The topological polar surface area (TPSA) is 124 Å². The zero-order valence-electron chi connectivity index (χ0n) is 8.35. The lowest BCUT2D eigenvalue weighted by atomic mass is 10.6. The van der Waals surface area contributed by atoms with Gasteiger partial charge in [0.2, 0.25) is 5.95 Å². The Morgan fingerprint density at radius 2 is 2.12 bits per heavy atom. The number of H-pyrrole nitrogens is 1. The van der Waals surface area contributed by atoms with E-state index in [9.17, 15) is 4.79 Å². The summed E-state index contributed by atoms with van der Waals surface area (Å²) in [5.41, 5.74) is 10.5. The minimum Gasteiger partial charge on any atom is -0.383 e. The highest BCUT2D eigenvalue weighted by atomic mass is 35.5. The van der Waals surface area contributed by atoms with Crippen molar-refractivity contribution in [1.29, 1.82) is 0 Å². The van der Waals surface area contributed by atoms with E-state index in [1.807, 2.05) is 0 Å². The average Bonchev–Trinajstić information content (AvgIpc) is 2.22. The van der Waals surface area contributed by atoms with Gasteiger partial charge in [0.25, 0.3) is 5.56 Å². The second-order valence-corrected chi connectivity index (χ2v) is 4.34. The van der Waals surface area contributed by atoms with Gasteiger partial charge in [0.15, 0.2) is 5.16 Å². The lowest BCUT2D eigenvalue weighted by molar-refractivity contribution is 0.938. The van der Waals surface area contributed by atoms with Crippen molar-refractivity contribution in [2.45, 2.75) is 10.2 Å². The first kappa shape index (κ1) is 11.7. The summed E-state index contributed by atoms with van der Waals surface area (Å²) in [7, 11) is 0. The Kier molecular flexibility index (Phi) is 3.16. The number of halogens is 1. The van der Waals surface area contributed by atoms with Gasteiger partial charge in [0.1, 0.15) is 10.8 Å². The van der Waals surface area contributed by atoms with Crippen LogP contribution in [0.3, 0.4) is 0 Å². The number of nitrogens with one attached hydrogen (secondary N) is 1. The molecule has 0 bridgehead atoms. The maximum atomic E-state index is 11.2. The molecule has 0 unspecified atom stereocenters. The molecule has 0 atom stereocenters. The quantitative estimate of drug-likeness (QED) is 0.537. The Hall–Kier alpha value is -1.80. The first-order chi connectivity index (χ1) is 8.04. The fourth-order valence-corrected chi connectivity index (χ4v) is 2.01. The number of rotatable bonds is 2. The summed E-state index contributed by atoms with van der Waals surface area (Å²) in [6.45, 7) is 0. The molecule has 0 spiro atoms. The van der Waals surface area contributed by atoms with Crippen LogP contribution in [0, 0.1) is 0 Å². The van der Waals surface area contributed by atoms with E-state index in [1.54, 1.807) is 0 Å². The van der Waals surface area contributed by atoms with Crippen LogP contribution in [0.4, 0.5) is 11.8 Å². The summed E-state index contributed by atoms with van der Waals surface area (Å²) in [5.74, 6) is 0.206. The number of aromatic amines is 1. The molecule has 0 saturated heterocycles. The Labute approximate surface area is 105 Å². The Bertz CT molecular complexity index is 615. The summed E-state index contributed by atoms with van der Waals surface area (Å²) >= 11 is 6.92. The molecule has 88 valence electrons. The molecule has 2 aromatic rings. The van der Waals surface area contributed by atoms with Crippen LogP contribution in [0.15, 0.2) is 27.2 Å². The van der Waals surface area contributed by atoms with Gasteiger partial charge in [-0.15, -0.1) is 0 Å². The molecule has 0 aliphatic carbocycles. The molecule has 5 N–H and O–H groups in total. The largest absolute Gasteiger partial charge is 0.383 e. The fraction of sp³-hybridized carbons (Fsp3) is 0. The van der Waals surface area contributed by atoms with Crippen LogP contribution in [0.25, 0.3) is 0 Å². The van der Waals surface area contributed by atoms with E-state index in [0.29, 0.717) is 10.0 Å². The maximum absolute atomic E-state index is 11.2. The number of hydrogen-bond donors (Lipinski definition) is 3. The zero-order chi connectivity index (χ0) is 12.4. The van der Waals surface area contributed by atoms with E-state index in [4.69, 9.17) is 23.1 Å². The van der Waals surface area contributed by atoms with Crippen LogP contribution in [0.5, 0.6) is 0 Å². The lowest BCUT2D eigenvalue weighted by Crippen LogP contribution is -2.09. The molecule has 17 heavy (non-hydrogen) atoms. The van der Waals surface area contributed by atoms with Crippen molar-refractivity contribution < 1.29 is 0 Å². The zero-order valence-corrected chi connectivity index (χ0v) is 9.92. The molecular weight excluding hydrogens is 264 g/mol. The van der Waals surface area contributed by atoms with Gasteiger partial charge in [-0.05, 0) is 11.8 Å². The fourth-order valence-electron chi connectivity index (χ4n) is 1.03. The van der Waals surface area contributed by atoms with E-state index in [2.05, 4.69) is 19.9 Å². The van der Waals surface area contributed by atoms with Crippen molar-refractivity contribution >= 4 is 35.1 Å². The predicted molar refractivity (Wildman–Crippen MR) is 64.8 cm³/mol. The van der Waals surface area contributed by atoms with E-state index in [0.717, 1.165) is 11.8 Å². The minimum atomic E-state index is -0.349.